The molecule has 15 rings (SSSR count). The Kier molecular flexibility index (Phi) is 22.9. The molecule has 0 fully saturated rings. The fourth-order valence-electron chi connectivity index (χ4n) is 10.9. The molecule has 0 saturated carbocycles. The lowest BCUT2D eigenvalue weighted by Crippen LogP contribution is -2.22. The maximum Gasteiger partial charge on any atom is 0.170 e. The van der Waals surface area contributed by atoms with Crippen LogP contribution in [-0.2, 0) is 22.9 Å². The number of benzene rings is 6. The SMILES string of the molecule is C(=N\n1cccc1)/c1[nH]nc2ccc(-c3cncc4ccccc34)cc12.C[Si](C)(C)CCOCn1nc(/C=N/n2cccc2)c2cc(-c3cncc4ccccc34)ccc21.C[Si](C)(C)CCOCn1nc(C=O)c2cc(-c3cncc4ccccc34)ccc21.NCCN.Nn1cccc1. The molecule has 20 nitrogen and oxygen atoms in total. The molecule has 15 aromatic rings. The van der Waals surface area contributed by atoms with Crippen molar-refractivity contribution in [2.45, 2.75) is 64.8 Å². The van der Waals surface area contributed by atoms with Gasteiger partial charge in [0, 0.05) is 166 Å². The first-order valence-corrected chi connectivity index (χ1v) is 40.3. The zero-order chi connectivity index (χ0) is 69.1. The van der Waals surface area contributed by atoms with Gasteiger partial charge in [0.25, 0.3) is 0 Å². The Hall–Kier alpha value is -11.1. The Balaban J connectivity index is 0.000000141. The summed E-state index contributed by atoms with van der Waals surface area (Å²) in [6.45, 7) is 17.5. The van der Waals surface area contributed by atoms with Crippen LogP contribution >= 0.6 is 0 Å². The fraction of sp³-hybridized carbons (Fsp3) is 0.182. The van der Waals surface area contributed by atoms with Crippen molar-refractivity contribution >= 4 is 99.9 Å². The van der Waals surface area contributed by atoms with Gasteiger partial charge < -0.3 is 26.8 Å². The van der Waals surface area contributed by atoms with Crippen molar-refractivity contribution in [2.75, 3.05) is 32.1 Å². The van der Waals surface area contributed by atoms with Crippen LogP contribution in [0.5, 0.6) is 0 Å². The van der Waals surface area contributed by atoms with Crippen LogP contribution < -0.4 is 17.3 Å². The molecule has 9 heterocycles. The van der Waals surface area contributed by atoms with E-state index in [-0.39, 0.29) is 0 Å². The van der Waals surface area contributed by atoms with E-state index < -0.39 is 16.1 Å². The van der Waals surface area contributed by atoms with Crippen molar-refractivity contribution in [1.82, 2.24) is 58.7 Å². The van der Waals surface area contributed by atoms with E-state index in [1.54, 1.807) is 32.6 Å². The summed E-state index contributed by atoms with van der Waals surface area (Å²) in [5.74, 6) is 5.19. The second-order valence-corrected chi connectivity index (χ2v) is 37.2. The number of hydrogen-bond acceptors (Lipinski definition) is 14. The molecule has 0 aliphatic rings. The van der Waals surface area contributed by atoms with Gasteiger partial charge in [-0.2, -0.15) is 25.5 Å². The van der Waals surface area contributed by atoms with Crippen LogP contribution in [0.3, 0.4) is 0 Å². The van der Waals surface area contributed by atoms with Gasteiger partial charge in [-0.1, -0.05) is 130 Å². The van der Waals surface area contributed by atoms with Gasteiger partial charge >= 0.3 is 0 Å². The molecule has 22 heteroatoms. The zero-order valence-electron chi connectivity index (χ0n) is 56.7. The number of nitrogens with zero attached hydrogens (tertiary/aromatic N) is 13. The van der Waals surface area contributed by atoms with Gasteiger partial charge in [-0.3, -0.25) is 29.5 Å². The highest BCUT2D eigenvalue weighted by atomic mass is 28.3. The van der Waals surface area contributed by atoms with Crippen LogP contribution in [0, 0.1) is 0 Å². The van der Waals surface area contributed by atoms with E-state index in [0.717, 1.165) is 124 Å². The molecule has 502 valence electrons. The molecule has 0 spiro atoms. The van der Waals surface area contributed by atoms with Gasteiger partial charge in [-0.15, -0.1) is 0 Å². The average molecular weight is 1350 g/mol. The largest absolute Gasteiger partial charge is 0.360 e. The van der Waals surface area contributed by atoms with Crippen molar-refractivity contribution in [2.24, 2.45) is 21.7 Å². The maximum atomic E-state index is 11.6. The molecule has 0 radical (unpaired) electrons. The first-order chi connectivity index (χ1) is 48.1. The molecule has 0 amide bonds. The highest BCUT2D eigenvalue weighted by Gasteiger charge is 2.18. The van der Waals surface area contributed by atoms with Crippen LogP contribution in [-0.4, -0.2) is 120 Å². The average Bonchev–Trinajstić information content (AvgIpc) is 1.72. The molecule has 0 aliphatic carbocycles. The van der Waals surface area contributed by atoms with Crippen molar-refractivity contribution in [1.29, 1.82) is 0 Å². The third-order valence-electron chi connectivity index (χ3n) is 16.2. The summed E-state index contributed by atoms with van der Waals surface area (Å²) in [7, 11) is -2.27. The smallest absolute Gasteiger partial charge is 0.170 e. The molecule has 0 unspecified atom stereocenters. The molecule has 0 bridgehead atoms. The number of fused-ring (bicyclic) bond motifs is 6. The Morgan fingerprint density at radius 2 is 0.869 bits per heavy atom. The predicted octanol–water partition coefficient (Wildman–Crippen LogP) is 15.2. The van der Waals surface area contributed by atoms with Crippen molar-refractivity contribution in [3.8, 4) is 33.4 Å². The normalized spacial score (nSPS) is 11.6. The first kappa shape index (κ1) is 69.2. The van der Waals surface area contributed by atoms with Crippen LogP contribution in [0.15, 0.2) is 248 Å². The summed E-state index contributed by atoms with van der Waals surface area (Å²) in [6.07, 6.45) is 26.9. The monoisotopic (exact) mass is 1350 g/mol. The number of nitrogens with one attached hydrogen (secondary N) is 1. The number of pyridine rings is 3. The van der Waals surface area contributed by atoms with Crippen LogP contribution in [0.1, 0.15) is 21.9 Å². The Labute approximate surface area is 577 Å². The summed E-state index contributed by atoms with van der Waals surface area (Å²) in [6, 6.07) is 57.3. The summed E-state index contributed by atoms with van der Waals surface area (Å²) in [4.78, 5) is 24.9. The highest BCUT2D eigenvalue weighted by Crippen LogP contribution is 2.34. The lowest BCUT2D eigenvalue weighted by molar-refractivity contribution is 0.0812. The maximum absolute atomic E-state index is 11.6. The van der Waals surface area contributed by atoms with Crippen molar-refractivity contribution < 1.29 is 14.3 Å². The van der Waals surface area contributed by atoms with Gasteiger partial charge in [-0.25, -0.2) is 18.7 Å². The second kappa shape index (κ2) is 32.8. The molecule has 6 aromatic carbocycles. The van der Waals surface area contributed by atoms with E-state index in [1.807, 2.05) is 152 Å². The summed E-state index contributed by atoms with van der Waals surface area (Å²) in [5, 5.41) is 35.5. The molecular weight excluding hydrogens is 1270 g/mol. The highest BCUT2D eigenvalue weighted by molar-refractivity contribution is 6.76. The minimum absolute atomic E-state index is 0.351. The number of aromatic amines is 1. The Bertz CT molecular complexity index is 5140. The Morgan fingerprint density at radius 3 is 1.29 bits per heavy atom. The number of nitrogens with two attached hydrogens (primary N) is 3. The van der Waals surface area contributed by atoms with Crippen molar-refractivity contribution in [3.05, 3.63) is 255 Å². The predicted molar refractivity (Wildman–Crippen MR) is 409 cm³/mol. The topological polar surface area (TPSA) is 256 Å². The fourth-order valence-corrected chi connectivity index (χ4v) is 12.4. The number of hydrogen-bond donors (Lipinski definition) is 4. The van der Waals surface area contributed by atoms with Crippen molar-refractivity contribution in [3.63, 3.8) is 0 Å². The third kappa shape index (κ3) is 18.1. The third-order valence-corrected chi connectivity index (χ3v) is 19.6. The number of carbonyl (C=O) groups excluding carboxylic acids is 1. The molecular formula is C77H83N17O3Si2. The van der Waals surface area contributed by atoms with Gasteiger partial charge in [0.05, 0.1) is 34.7 Å². The molecule has 0 aliphatic heterocycles. The van der Waals surface area contributed by atoms with E-state index in [0.29, 0.717) is 38.9 Å². The van der Waals surface area contributed by atoms with Gasteiger partial charge in [-0.05, 0) is 118 Å². The minimum Gasteiger partial charge on any atom is -0.360 e. The molecule has 99 heavy (non-hydrogen) atoms. The summed E-state index contributed by atoms with van der Waals surface area (Å²) < 4.78 is 20.6. The van der Waals surface area contributed by atoms with E-state index >= 15 is 0 Å². The molecule has 0 atom stereocenters. The Morgan fingerprint density at radius 1 is 0.465 bits per heavy atom. The number of ether oxygens (including phenoxy) is 2. The van der Waals surface area contributed by atoms with E-state index in [2.05, 4.69) is 165 Å². The number of rotatable bonds is 19. The number of aromatic nitrogens is 12. The van der Waals surface area contributed by atoms with Gasteiger partial charge in [0.1, 0.15) is 24.8 Å². The molecule has 7 N–H and O–H groups in total. The van der Waals surface area contributed by atoms with Crippen LogP contribution in [0.4, 0.5) is 0 Å². The minimum atomic E-state index is -1.14. The van der Waals surface area contributed by atoms with E-state index in [4.69, 9.17) is 31.9 Å². The summed E-state index contributed by atoms with van der Waals surface area (Å²) >= 11 is 0. The quantitative estimate of drug-likeness (QED) is 0.0194. The standard InChI is InChI=1S/C27H29N5OSi.C23H25N3O2Si.C21H15N5.C4H6N2.C2H8N2/c1-34(2,3)15-14-33-20-32-27-11-10-21(25-18-28-17-22-8-4-5-9-23(22)25)16-24(27)26(30-32)19-29-31-12-6-7-13-31;1-29(2,3)11-10-28-16-26-23-9-8-17(12-20(23)22(15-27)25-26)21-14-24-13-18-6-4-5-7-19(18)21;1-2-6-17-16(5-1)12-22-13-19(17)15-7-8-20-18(11-15)21(25-24-20)14-23-26-9-3-4-10-26;5-6-3-1-2-4-6;3-1-2-4/h4-13,16-19H,14-15,20H2,1-3H3;4-9,12-15H,10-11,16H2,1-3H3;1-14H,(H,24,25);1-4H,5H2;1-4H2/b29-19+;;23-14+;;. The number of carbonyl (C=O) groups is 1. The number of H-pyrrole nitrogens is 1. The lowest BCUT2D eigenvalue weighted by atomic mass is 9.99. The van der Waals surface area contributed by atoms with E-state index in [1.165, 1.54) is 15.4 Å². The van der Waals surface area contributed by atoms with Crippen LogP contribution in [0.25, 0.3) is 98.4 Å². The lowest BCUT2D eigenvalue weighted by Gasteiger charge is -2.15. The number of aldehydes is 1. The second-order valence-electron chi connectivity index (χ2n) is 26.0. The number of nitrogen functional groups attached to an aromatic ring is 1. The molecule has 0 saturated heterocycles. The van der Waals surface area contributed by atoms with Gasteiger partial charge in [0.2, 0.25) is 0 Å². The van der Waals surface area contributed by atoms with Gasteiger partial charge in [0.15, 0.2) is 6.29 Å². The zero-order valence-corrected chi connectivity index (χ0v) is 58.7. The summed E-state index contributed by atoms with van der Waals surface area (Å²) in [5.41, 5.74) is 21.3. The molecule has 9 aromatic heterocycles. The van der Waals surface area contributed by atoms with Crippen LogP contribution in [0.2, 0.25) is 51.4 Å². The first-order valence-electron chi connectivity index (χ1n) is 32.9. The van der Waals surface area contributed by atoms with E-state index in [9.17, 15) is 4.79 Å².